The molecule has 0 N–H and O–H groups in total. The van der Waals surface area contributed by atoms with E-state index in [9.17, 15) is 4.79 Å². The lowest BCUT2D eigenvalue weighted by Gasteiger charge is -2.17. The van der Waals surface area contributed by atoms with Gasteiger partial charge in [0.25, 0.3) is 0 Å². The summed E-state index contributed by atoms with van der Waals surface area (Å²) in [5, 5.41) is 0. The van der Waals surface area contributed by atoms with Crippen molar-refractivity contribution in [3.05, 3.63) is 0 Å². The molecule has 0 radical (unpaired) electrons. The average molecular weight is 522 g/mol. The molecule has 0 bridgehead atoms. The summed E-state index contributed by atoms with van der Waals surface area (Å²) in [7, 11) is 2.01. The molecule has 0 aromatic rings. The minimum atomic E-state index is 0.365. The SMILES string of the molecule is CCCCCCCCCCCCCCCCCC(=O)N(C)CCCCCCCCCCCCCCCC. The molecular formula is C35H71NO. The zero-order valence-electron chi connectivity index (χ0n) is 26.3. The van der Waals surface area contributed by atoms with Crippen LogP contribution in [0.15, 0.2) is 0 Å². The fraction of sp³-hybridized carbons (Fsp3) is 0.971. The summed E-state index contributed by atoms with van der Waals surface area (Å²) in [4.78, 5) is 14.4. The number of carbonyl (C=O) groups is 1. The summed E-state index contributed by atoms with van der Waals surface area (Å²) < 4.78 is 0. The van der Waals surface area contributed by atoms with Crippen molar-refractivity contribution >= 4 is 5.91 Å². The molecule has 0 aliphatic heterocycles. The predicted octanol–water partition coefficient (Wildman–Crippen LogP) is 12.2. The molecule has 0 aromatic heterocycles. The Hall–Kier alpha value is -0.530. The van der Waals surface area contributed by atoms with Gasteiger partial charge in [0.15, 0.2) is 0 Å². The van der Waals surface area contributed by atoms with Crippen LogP contribution in [-0.2, 0) is 4.79 Å². The molecule has 0 unspecified atom stereocenters. The lowest BCUT2D eigenvalue weighted by atomic mass is 10.0. The van der Waals surface area contributed by atoms with Gasteiger partial charge in [-0.2, -0.15) is 0 Å². The third-order valence-corrected chi connectivity index (χ3v) is 8.27. The number of carbonyl (C=O) groups excluding carboxylic acids is 1. The Morgan fingerprint density at radius 2 is 0.622 bits per heavy atom. The van der Waals surface area contributed by atoms with E-state index in [1.807, 2.05) is 11.9 Å². The van der Waals surface area contributed by atoms with E-state index in [1.54, 1.807) is 0 Å². The second-order valence-corrected chi connectivity index (χ2v) is 12.1. The largest absolute Gasteiger partial charge is 0.346 e. The monoisotopic (exact) mass is 522 g/mol. The van der Waals surface area contributed by atoms with Crippen LogP contribution in [0, 0.1) is 0 Å². The van der Waals surface area contributed by atoms with E-state index in [0.717, 1.165) is 19.4 Å². The van der Waals surface area contributed by atoms with E-state index >= 15 is 0 Å². The number of hydrogen-bond acceptors (Lipinski definition) is 1. The van der Waals surface area contributed by atoms with E-state index in [0.29, 0.717) is 5.91 Å². The Kier molecular flexibility index (Phi) is 31.2. The van der Waals surface area contributed by atoms with Gasteiger partial charge >= 0.3 is 0 Å². The van der Waals surface area contributed by atoms with Crippen LogP contribution in [0.3, 0.4) is 0 Å². The summed E-state index contributed by atoms with van der Waals surface area (Å²) in [5.41, 5.74) is 0. The Balaban J connectivity index is 3.27. The molecule has 0 heterocycles. The van der Waals surface area contributed by atoms with Crippen LogP contribution >= 0.6 is 0 Å². The van der Waals surface area contributed by atoms with E-state index in [4.69, 9.17) is 0 Å². The minimum Gasteiger partial charge on any atom is -0.346 e. The molecule has 0 aliphatic rings. The van der Waals surface area contributed by atoms with E-state index in [-0.39, 0.29) is 0 Å². The first-order valence-electron chi connectivity index (χ1n) is 17.5. The molecule has 0 fully saturated rings. The molecule has 222 valence electrons. The van der Waals surface area contributed by atoms with Crippen LogP contribution in [-0.4, -0.2) is 24.4 Å². The predicted molar refractivity (Wildman–Crippen MR) is 167 cm³/mol. The number of hydrogen-bond donors (Lipinski definition) is 0. The van der Waals surface area contributed by atoms with Gasteiger partial charge in [-0.3, -0.25) is 4.79 Å². The topological polar surface area (TPSA) is 20.3 Å². The Bertz CT molecular complexity index is 435. The molecule has 1 amide bonds. The molecule has 37 heavy (non-hydrogen) atoms. The van der Waals surface area contributed by atoms with Gasteiger partial charge in [0.05, 0.1) is 0 Å². The van der Waals surface area contributed by atoms with Crippen molar-refractivity contribution in [1.29, 1.82) is 0 Å². The van der Waals surface area contributed by atoms with Crippen molar-refractivity contribution in [2.45, 2.75) is 206 Å². The lowest BCUT2D eigenvalue weighted by Crippen LogP contribution is -2.27. The number of amides is 1. The van der Waals surface area contributed by atoms with Crippen molar-refractivity contribution in [1.82, 2.24) is 4.90 Å². The van der Waals surface area contributed by atoms with Crippen LogP contribution in [0.25, 0.3) is 0 Å². The van der Waals surface area contributed by atoms with E-state index < -0.39 is 0 Å². The third kappa shape index (κ3) is 29.9. The van der Waals surface area contributed by atoms with Gasteiger partial charge in [-0.05, 0) is 12.8 Å². The van der Waals surface area contributed by atoms with Gasteiger partial charge in [0, 0.05) is 20.0 Å². The lowest BCUT2D eigenvalue weighted by molar-refractivity contribution is -0.130. The van der Waals surface area contributed by atoms with Crippen molar-refractivity contribution in [3.63, 3.8) is 0 Å². The van der Waals surface area contributed by atoms with Crippen LogP contribution < -0.4 is 0 Å². The average Bonchev–Trinajstić information content (AvgIpc) is 2.90. The highest BCUT2D eigenvalue weighted by atomic mass is 16.2. The molecule has 0 aromatic carbocycles. The van der Waals surface area contributed by atoms with Crippen molar-refractivity contribution < 1.29 is 4.79 Å². The molecule has 0 spiro atoms. The Morgan fingerprint density at radius 1 is 0.378 bits per heavy atom. The number of rotatable bonds is 31. The van der Waals surface area contributed by atoms with E-state index in [2.05, 4.69) is 13.8 Å². The maximum Gasteiger partial charge on any atom is 0.222 e. The van der Waals surface area contributed by atoms with Crippen LogP contribution in [0.4, 0.5) is 0 Å². The molecule has 0 saturated carbocycles. The zero-order chi connectivity index (χ0) is 27.1. The molecule has 0 aliphatic carbocycles. The van der Waals surface area contributed by atoms with Crippen molar-refractivity contribution in [3.8, 4) is 0 Å². The maximum atomic E-state index is 12.4. The van der Waals surface area contributed by atoms with E-state index in [1.165, 1.54) is 180 Å². The molecule has 2 heteroatoms. The normalized spacial score (nSPS) is 11.3. The Morgan fingerprint density at radius 3 is 0.919 bits per heavy atom. The van der Waals surface area contributed by atoms with Crippen LogP contribution in [0.5, 0.6) is 0 Å². The second kappa shape index (κ2) is 31.7. The number of unbranched alkanes of at least 4 members (excludes halogenated alkanes) is 27. The van der Waals surface area contributed by atoms with Gasteiger partial charge in [0.2, 0.25) is 5.91 Å². The third-order valence-electron chi connectivity index (χ3n) is 8.27. The maximum absolute atomic E-state index is 12.4. The minimum absolute atomic E-state index is 0.365. The highest BCUT2D eigenvalue weighted by Gasteiger charge is 2.07. The van der Waals surface area contributed by atoms with Gasteiger partial charge < -0.3 is 4.90 Å². The summed E-state index contributed by atoms with van der Waals surface area (Å²) in [6, 6.07) is 0. The highest BCUT2D eigenvalue weighted by Crippen LogP contribution is 2.15. The fourth-order valence-corrected chi connectivity index (χ4v) is 5.51. The quantitative estimate of drug-likeness (QED) is 0.0830. The zero-order valence-corrected chi connectivity index (χ0v) is 26.3. The van der Waals surface area contributed by atoms with Gasteiger partial charge in [-0.25, -0.2) is 0 Å². The summed E-state index contributed by atoms with van der Waals surface area (Å²) in [6.45, 7) is 5.54. The van der Waals surface area contributed by atoms with Gasteiger partial charge in [-0.1, -0.05) is 187 Å². The first-order valence-corrected chi connectivity index (χ1v) is 17.5. The van der Waals surface area contributed by atoms with Crippen LogP contribution in [0.2, 0.25) is 0 Å². The standard InChI is InChI=1S/C35H71NO/c1-4-6-8-10-12-14-16-18-20-21-23-25-27-29-31-33-35(37)36(3)34-32-30-28-26-24-22-19-17-15-13-11-9-7-5-2/h4-34H2,1-3H3. The Labute approximate surface area is 235 Å². The summed E-state index contributed by atoms with van der Waals surface area (Å²) >= 11 is 0. The fourth-order valence-electron chi connectivity index (χ4n) is 5.51. The molecule has 0 atom stereocenters. The van der Waals surface area contributed by atoms with Gasteiger partial charge in [0.1, 0.15) is 0 Å². The first kappa shape index (κ1) is 36.5. The molecule has 0 saturated heterocycles. The molecule has 2 nitrogen and oxygen atoms in total. The second-order valence-electron chi connectivity index (χ2n) is 12.1. The van der Waals surface area contributed by atoms with Crippen molar-refractivity contribution in [2.75, 3.05) is 13.6 Å². The highest BCUT2D eigenvalue weighted by molar-refractivity contribution is 5.75. The number of nitrogens with zero attached hydrogens (tertiary/aromatic N) is 1. The van der Waals surface area contributed by atoms with Crippen molar-refractivity contribution in [2.24, 2.45) is 0 Å². The van der Waals surface area contributed by atoms with Crippen LogP contribution in [0.1, 0.15) is 206 Å². The van der Waals surface area contributed by atoms with Gasteiger partial charge in [-0.15, -0.1) is 0 Å². The summed E-state index contributed by atoms with van der Waals surface area (Å²) in [6.07, 6.45) is 40.9. The smallest absolute Gasteiger partial charge is 0.222 e. The summed E-state index contributed by atoms with van der Waals surface area (Å²) in [5.74, 6) is 0.365. The molecule has 0 rings (SSSR count). The molecular weight excluding hydrogens is 450 g/mol. The first-order chi connectivity index (χ1) is 18.2.